The van der Waals surface area contributed by atoms with Crippen LogP contribution in [-0.4, -0.2) is 0 Å². The van der Waals surface area contributed by atoms with Gasteiger partial charge in [0.05, 0.1) is 0 Å². The minimum absolute atomic E-state index is 1.25. The van der Waals surface area contributed by atoms with Crippen molar-refractivity contribution in [2.45, 2.75) is 90.9 Å². The van der Waals surface area contributed by atoms with Gasteiger partial charge in [0.1, 0.15) is 0 Å². The normalized spacial score (nSPS) is 11.9. The van der Waals surface area contributed by atoms with Crippen LogP contribution in [0.25, 0.3) is 0 Å². The number of hydrogen-bond donors (Lipinski definition) is 0. The Morgan fingerprint density at radius 1 is 0.611 bits per heavy atom. The molecule has 0 aromatic heterocycles. The average molecular weight is 250 g/mol. The molecule has 0 rings (SSSR count). The van der Waals surface area contributed by atoms with Crippen molar-refractivity contribution in [3.63, 3.8) is 0 Å². The Hall–Kier alpha value is -0.520. The lowest BCUT2D eigenvalue weighted by Gasteiger charge is -2.01. The minimum atomic E-state index is 1.25. The van der Waals surface area contributed by atoms with Gasteiger partial charge in [-0.05, 0) is 19.8 Å². The first-order valence-electron chi connectivity index (χ1n) is 8.19. The highest BCUT2D eigenvalue weighted by molar-refractivity contribution is 5.00. The van der Waals surface area contributed by atoms with Crippen LogP contribution in [0.5, 0.6) is 0 Å². The molecule has 0 aliphatic rings. The van der Waals surface area contributed by atoms with E-state index in [1.54, 1.807) is 0 Å². The molecular formula is C18H34. The Morgan fingerprint density at radius 2 is 1.11 bits per heavy atom. The predicted octanol–water partition coefficient (Wildman–Crippen LogP) is 6.82. The van der Waals surface area contributed by atoms with Crippen LogP contribution in [0.4, 0.5) is 0 Å². The van der Waals surface area contributed by atoms with Crippen molar-refractivity contribution in [1.82, 2.24) is 0 Å². The molecule has 0 heterocycles. The van der Waals surface area contributed by atoms with Crippen molar-refractivity contribution in [2.24, 2.45) is 0 Å². The molecule has 0 saturated heterocycles. The molecule has 0 fully saturated rings. The van der Waals surface area contributed by atoms with E-state index in [9.17, 15) is 0 Å². The first-order valence-corrected chi connectivity index (χ1v) is 8.19. The third-order valence-electron chi connectivity index (χ3n) is 3.41. The monoisotopic (exact) mass is 250 g/mol. The van der Waals surface area contributed by atoms with Crippen LogP contribution in [0, 0.1) is 0 Å². The molecule has 0 N–H and O–H groups in total. The summed E-state index contributed by atoms with van der Waals surface area (Å²) >= 11 is 0. The van der Waals surface area contributed by atoms with Crippen molar-refractivity contribution >= 4 is 0 Å². The van der Waals surface area contributed by atoms with Gasteiger partial charge in [-0.3, -0.25) is 0 Å². The highest BCUT2D eigenvalue weighted by atomic mass is 14.0. The van der Waals surface area contributed by atoms with Crippen LogP contribution in [0.2, 0.25) is 0 Å². The average Bonchev–Trinajstić information content (AvgIpc) is 2.39. The van der Waals surface area contributed by atoms with E-state index in [1.807, 2.05) is 0 Å². The molecule has 18 heavy (non-hydrogen) atoms. The zero-order chi connectivity index (χ0) is 13.3. The van der Waals surface area contributed by atoms with Crippen LogP contribution in [0.1, 0.15) is 90.9 Å². The summed E-state index contributed by atoms with van der Waals surface area (Å²) in [5.74, 6) is 0. The molecule has 0 aliphatic heterocycles. The van der Waals surface area contributed by atoms with Crippen LogP contribution in [0.3, 0.4) is 0 Å². The fraction of sp³-hybridized carbons (Fsp3) is 0.778. The predicted molar refractivity (Wildman–Crippen MR) is 85.0 cm³/mol. The fourth-order valence-electron chi connectivity index (χ4n) is 2.21. The van der Waals surface area contributed by atoms with Gasteiger partial charge < -0.3 is 0 Å². The summed E-state index contributed by atoms with van der Waals surface area (Å²) in [5.41, 5.74) is 0. The van der Waals surface area contributed by atoms with Crippen molar-refractivity contribution in [3.05, 3.63) is 24.3 Å². The Kier molecular flexibility index (Phi) is 16.0. The van der Waals surface area contributed by atoms with Crippen molar-refractivity contribution in [3.8, 4) is 0 Å². The summed E-state index contributed by atoms with van der Waals surface area (Å²) < 4.78 is 0. The first kappa shape index (κ1) is 17.5. The highest BCUT2D eigenvalue weighted by Crippen LogP contribution is 2.11. The number of allylic oxidation sites excluding steroid dienone is 4. The lowest BCUT2D eigenvalue weighted by molar-refractivity contribution is 0.550. The standard InChI is InChI=1S/C18H34/c1-3-5-7-9-11-13-15-17-18-16-14-12-10-8-6-4-2/h3,5,7,9H,4,6,8,10-18H2,1-2H3. The van der Waals surface area contributed by atoms with Gasteiger partial charge in [-0.25, -0.2) is 0 Å². The molecule has 0 bridgehead atoms. The number of hydrogen-bond acceptors (Lipinski definition) is 0. The lowest BCUT2D eigenvalue weighted by Crippen LogP contribution is -1.81. The molecule has 106 valence electrons. The number of unbranched alkanes of at least 4 members (excludes halogenated alkanes) is 11. The third kappa shape index (κ3) is 15.5. The van der Waals surface area contributed by atoms with E-state index in [2.05, 4.69) is 38.2 Å². The van der Waals surface area contributed by atoms with Gasteiger partial charge in [0.25, 0.3) is 0 Å². The van der Waals surface area contributed by atoms with Gasteiger partial charge in [-0.2, -0.15) is 0 Å². The topological polar surface area (TPSA) is 0 Å². The molecule has 0 atom stereocenters. The van der Waals surface area contributed by atoms with Gasteiger partial charge in [0.15, 0.2) is 0 Å². The Morgan fingerprint density at radius 3 is 1.61 bits per heavy atom. The lowest BCUT2D eigenvalue weighted by atomic mass is 10.1. The minimum Gasteiger partial charge on any atom is -0.0877 e. The van der Waals surface area contributed by atoms with E-state index in [-0.39, 0.29) is 0 Å². The summed E-state index contributed by atoms with van der Waals surface area (Å²) in [6.45, 7) is 4.35. The SMILES string of the molecule is CC=CC=CCCCCCCCCCCCCC. The summed E-state index contributed by atoms with van der Waals surface area (Å²) in [6.07, 6.45) is 25.7. The molecule has 0 aliphatic carbocycles. The molecule has 0 heteroatoms. The van der Waals surface area contributed by atoms with E-state index in [0.717, 1.165) is 0 Å². The quantitative estimate of drug-likeness (QED) is 0.248. The van der Waals surface area contributed by atoms with Gasteiger partial charge in [-0.15, -0.1) is 0 Å². The summed E-state index contributed by atoms with van der Waals surface area (Å²) in [5, 5.41) is 0. The van der Waals surface area contributed by atoms with Gasteiger partial charge in [-0.1, -0.05) is 95.4 Å². The molecule has 0 unspecified atom stereocenters. The van der Waals surface area contributed by atoms with Crippen LogP contribution in [0.15, 0.2) is 24.3 Å². The van der Waals surface area contributed by atoms with E-state index >= 15 is 0 Å². The van der Waals surface area contributed by atoms with Crippen LogP contribution >= 0.6 is 0 Å². The Bertz CT molecular complexity index is 188. The molecule has 0 radical (unpaired) electrons. The summed E-state index contributed by atoms with van der Waals surface area (Å²) in [7, 11) is 0. The second-order valence-electron chi connectivity index (χ2n) is 5.28. The molecule has 0 spiro atoms. The molecule has 0 nitrogen and oxygen atoms in total. The highest BCUT2D eigenvalue weighted by Gasteiger charge is 1.92. The summed E-state index contributed by atoms with van der Waals surface area (Å²) in [4.78, 5) is 0. The molecule has 0 aromatic carbocycles. The maximum atomic E-state index is 2.29. The zero-order valence-electron chi connectivity index (χ0n) is 12.8. The van der Waals surface area contributed by atoms with Crippen LogP contribution in [-0.2, 0) is 0 Å². The maximum absolute atomic E-state index is 2.29. The van der Waals surface area contributed by atoms with E-state index in [1.165, 1.54) is 77.0 Å². The second kappa shape index (κ2) is 16.5. The van der Waals surface area contributed by atoms with Crippen molar-refractivity contribution in [1.29, 1.82) is 0 Å². The van der Waals surface area contributed by atoms with Crippen molar-refractivity contribution in [2.75, 3.05) is 0 Å². The Balaban J connectivity index is 2.98. The molecule has 0 amide bonds. The second-order valence-corrected chi connectivity index (χ2v) is 5.28. The van der Waals surface area contributed by atoms with E-state index < -0.39 is 0 Å². The number of rotatable bonds is 13. The maximum Gasteiger partial charge on any atom is -0.0348 e. The van der Waals surface area contributed by atoms with Gasteiger partial charge >= 0.3 is 0 Å². The Labute approximate surface area is 116 Å². The van der Waals surface area contributed by atoms with E-state index in [0.29, 0.717) is 0 Å². The van der Waals surface area contributed by atoms with Crippen LogP contribution < -0.4 is 0 Å². The van der Waals surface area contributed by atoms with Gasteiger partial charge in [0.2, 0.25) is 0 Å². The largest absolute Gasteiger partial charge is 0.0877 e. The molecule has 0 saturated carbocycles. The summed E-state index contributed by atoms with van der Waals surface area (Å²) in [6, 6.07) is 0. The molecule has 0 aromatic rings. The molecular weight excluding hydrogens is 216 g/mol. The first-order chi connectivity index (χ1) is 8.91. The zero-order valence-corrected chi connectivity index (χ0v) is 12.8. The smallest absolute Gasteiger partial charge is 0.0348 e. The van der Waals surface area contributed by atoms with Crippen molar-refractivity contribution < 1.29 is 0 Å². The third-order valence-corrected chi connectivity index (χ3v) is 3.41. The fourth-order valence-corrected chi connectivity index (χ4v) is 2.21. The van der Waals surface area contributed by atoms with E-state index in [4.69, 9.17) is 0 Å². The van der Waals surface area contributed by atoms with Gasteiger partial charge in [0, 0.05) is 0 Å².